The fourth-order valence-electron chi connectivity index (χ4n) is 1.69. The van der Waals surface area contributed by atoms with Gasteiger partial charge in [-0.15, -0.1) is 0 Å². The van der Waals surface area contributed by atoms with Crippen molar-refractivity contribution >= 4 is 12.3 Å². The van der Waals surface area contributed by atoms with E-state index in [-0.39, 0.29) is 6.42 Å². The van der Waals surface area contributed by atoms with Gasteiger partial charge in [-0.05, 0) is 23.6 Å². The third-order valence-corrected chi connectivity index (χ3v) is 2.40. The van der Waals surface area contributed by atoms with Crippen LogP contribution in [0, 0.1) is 11.3 Å². The van der Waals surface area contributed by atoms with E-state index in [1.165, 1.54) is 6.07 Å². The maximum absolute atomic E-state index is 10.8. The number of benzene rings is 1. The van der Waals surface area contributed by atoms with E-state index < -0.39 is 5.97 Å². The van der Waals surface area contributed by atoms with Crippen LogP contribution in [0.1, 0.15) is 34.0 Å². The van der Waals surface area contributed by atoms with E-state index in [0.29, 0.717) is 35.0 Å². The van der Waals surface area contributed by atoms with Crippen molar-refractivity contribution in [2.24, 2.45) is 0 Å². The molecule has 0 atom stereocenters. The molecule has 0 saturated carbocycles. The summed E-state index contributed by atoms with van der Waals surface area (Å²) in [5.74, 6) is -1.01. The maximum Gasteiger partial charge on any atom is 0.307 e. The lowest BCUT2D eigenvalue weighted by Gasteiger charge is -2.10. The van der Waals surface area contributed by atoms with E-state index >= 15 is 0 Å². The molecule has 82 valence electrons. The first kappa shape index (κ1) is 11.9. The molecule has 0 radical (unpaired) electrons. The number of hydrogen-bond donors (Lipinski definition) is 1. The summed E-state index contributed by atoms with van der Waals surface area (Å²) in [5, 5.41) is 17.7. The number of nitriles is 1. The van der Waals surface area contributed by atoms with Crippen LogP contribution in [0.15, 0.2) is 12.1 Å². The zero-order valence-corrected chi connectivity index (χ0v) is 8.86. The van der Waals surface area contributed by atoms with Crippen LogP contribution in [0.5, 0.6) is 0 Å². The lowest BCUT2D eigenvalue weighted by atomic mass is 9.93. The SMILES string of the molecule is CCc1c(C#N)ccc(C=O)c1CC(=O)O. The van der Waals surface area contributed by atoms with Gasteiger partial charge in [-0.1, -0.05) is 13.0 Å². The molecule has 0 spiro atoms. The Hall–Kier alpha value is -2.15. The number of carbonyl (C=O) groups excluding carboxylic acids is 1. The summed E-state index contributed by atoms with van der Waals surface area (Å²) in [6.07, 6.45) is 0.929. The molecule has 4 nitrogen and oxygen atoms in total. The van der Waals surface area contributed by atoms with Crippen LogP contribution >= 0.6 is 0 Å². The molecule has 0 fully saturated rings. The van der Waals surface area contributed by atoms with Gasteiger partial charge in [0, 0.05) is 5.56 Å². The molecule has 0 heterocycles. The zero-order valence-electron chi connectivity index (χ0n) is 8.86. The molecule has 0 aliphatic heterocycles. The third kappa shape index (κ3) is 2.26. The second-order valence-electron chi connectivity index (χ2n) is 3.31. The minimum Gasteiger partial charge on any atom is -0.481 e. The van der Waals surface area contributed by atoms with Gasteiger partial charge in [0.05, 0.1) is 18.1 Å². The number of carboxylic acids is 1. The first-order chi connectivity index (χ1) is 7.63. The lowest BCUT2D eigenvalue weighted by Crippen LogP contribution is -2.08. The van der Waals surface area contributed by atoms with Crippen LogP contribution in [0.3, 0.4) is 0 Å². The van der Waals surface area contributed by atoms with E-state index in [2.05, 4.69) is 0 Å². The minimum atomic E-state index is -1.01. The molecule has 1 N–H and O–H groups in total. The molecule has 1 rings (SSSR count). The van der Waals surface area contributed by atoms with Gasteiger partial charge in [-0.25, -0.2) is 0 Å². The molecule has 16 heavy (non-hydrogen) atoms. The highest BCUT2D eigenvalue weighted by atomic mass is 16.4. The van der Waals surface area contributed by atoms with Gasteiger partial charge in [0.25, 0.3) is 0 Å². The number of carboxylic acid groups (broad SMARTS) is 1. The smallest absolute Gasteiger partial charge is 0.307 e. The predicted octanol–water partition coefficient (Wildman–Crippen LogP) is 1.56. The van der Waals surface area contributed by atoms with Gasteiger partial charge in [0.1, 0.15) is 6.29 Å². The summed E-state index contributed by atoms with van der Waals surface area (Å²) in [6, 6.07) is 5.04. The molecular weight excluding hydrogens is 206 g/mol. The van der Waals surface area contributed by atoms with Crippen LogP contribution in [-0.4, -0.2) is 17.4 Å². The largest absolute Gasteiger partial charge is 0.481 e. The normalized spacial score (nSPS) is 9.50. The van der Waals surface area contributed by atoms with Gasteiger partial charge in [0.15, 0.2) is 0 Å². The average molecular weight is 217 g/mol. The molecule has 0 bridgehead atoms. The molecular formula is C12H11NO3. The Morgan fingerprint density at radius 2 is 2.19 bits per heavy atom. The summed E-state index contributed by atoms with van der Waals surface area (Å²) >= 11 is 0. The Kier molecular flexibility index (Phi) is 3.78. The third-order valence-electron chi connectivity index (χ3n) is 2.40. The number of hydrogen-bond acceptors (Lipinski definition) is 3. The highest BCUT2D eigenvalue weighted by Gasteiger charge is 2.14. The molecule has 4 heteroatoms. The van der Waals surface area contributed by atoms with Crippen molar-refractivity contribution in [2.75, 3.05) is 0 Å². The van der Waals surface area contributed by atoms with Crippen LogP contribution in [0.2, 0.25) is 0 Å². The quantitative estimate of drug-likeness (QED) is 0.776. The molecule has 0 saturated heterocycles. The highest BCUT2D eigenvalue weighted by molar-refractivity contribution is 5.82. The Balaban J connectivity index is 3.43. The van der Waals surface area contributed by atoms with E-state index in [9.17, 15) is 9.59 Å². The van der Waals surface area contributed by atoms with Crippen molar-refractivity contribution in [3.8, 4) is 6.07 Å². The fourth-order valence-corrected chi connectivity index (χ4v) is 1.69. The standard InChI is InChI=1S/C12H11NO3/c1-2-10-8(6-13)3-4-9(7-14)11(10)5-12(15)16/h3-4,7H,2,5H2,1H3,(H,15,16). The molecule has 0 unspecified atom stereocenters. The Labute approximate surface area is 93.1 Å². The van der Waals surface area contributed by atoms with Crippen molar-refractivity contribution < 1.29 is 14.7 Å². The van der Waals surface area contributed by atoms with E-state index in [1.54, 1.807) is 6.07 Å². The van der Waals surface area contributed by atoms with Gasteiger partial charge in [-0.3, -0.25) is 9.59 Å². The summed E-state index contributed by atoms with van der Waals surface area (Å²) in [5.41, 5.74) is 1.88. The minimum absolute atomic E-state index is 0.229. The molecule has 1 aromatic rings. The van der Waals surface area contributed by atoms with E-state index in [0.717, 1.165) is 0 Å². The van der Waals surface area contributed by atoms with Crippen LogP contribution in [-0.2, 0) is 17.6 Å². The Morgan fingerprint density at radius 3 is 2.62 bits per heavy atom. The van der Waals surface area contributed by atoms with Gasteiger partial charge in [0.2, 0.25) is 0 Å². The number of aliphatic carboxylic acids is 1. The topological polar surface area (TPSA) is 78.2 Å². The summed E-state index contributed by atoms with van der Waals surface area (Å²) in [4.78, 5) is 21.5. The Bertz CT molecular complexity index is 472. The summed E-state index contributed by atoms with van der Waals surface area (Å²) in [7, 11) is 0. The zero-order chi connectivity index (χ0) is 12.1. The molecule has 0 aliphatic rings. The molecule has 0 amide bonds. The van der Waals surface area contributed by atoms with Gasteiger partial charge < -0.3 is 5.11 Å². The fraction of sp³-hybridized carbons (Fsp3) is 0.250. The van der Waals surface area contributed by atoms with Gasteiger partial charge in [-0.2, -0.15) is 5.26 Å². The van der Waals surface area contributed by atoms with Crippen molar-refractivity contribution in [3.63, 3.8) is 0 Å². The second-order valence-corrected chi connectivity index (χ2v) is 3.31. The number of nitrogens with zero attached hydrogens (tertiary/aromatic N) is 1. The molecule has 1 aromatic carbocycles. The summed E-state index contributed by atoms with van der Waals surface area (Å²) in [6.45, 7) is 1.83. The van der Waals surface area contributed by atoms with Crippen LogP contribution in [0.4, 0.5) is 0 Å². The van der Waals surface area contributed by atoms with Crippen molar-refractivity contribution in [3.05, 3.63) is 34.4 Å². The number of carbonyl (C=O) groups is 2. The Morgan fingerprint density at radius 1 is 1.50 bits per heavy atom. The van der Waals surface area contributed by atoms with Crippen molar-refractivity contribution in [2.45, 2.75) is 19.8 Å². The first-order valence-corrected chi connectivity index (χ1v) is 4.85. The second kappa shape index (κ2) is 5.08. The van der Waals surface area contributed by atoms with E-state index in [4.69, 9.17) is 10.4 Å². The molecule has 0 aliphatic carbocycles. The van der Waals surface area contributed by atoms with Gasteiger partial charge >= 0.3 is 5.97 Å². The first-order valence-electron chi connectivity index (χ1n) is 4.85. The molecule has 0 aromatic heterocycles. The van der Waals surface area contributed by atoms with Crippen LogP contribution < -0.4 is 0 Å². The number of rotatable bonds is 4. The number of aldehydes is 1. The van der Waals surface area contributed by atoms with E-state index in [1.807, 2.05) is 13.0 Å². The highest BCUT2D eigenvalue weighted by Crippen LogP contribution is 2.19. The monoisotopic (exact) mass is 217 g/mol. The van der Waals surface area contributed by atoms with Crippen molar-refractivity contribution in [1.29, 1.82) is 5.26 Å². The van der Waals surface area contributed by atoms with Crippen molar-refractivity contribution in [1.82, 2.24) is 0 Å². The predicted molar refractivity (Wildman–Crippen MR) is 57.3 cm³/mol. The maximum atomic E-state index is 10.8. The average Bonchev–Trinajstić information content (AvgIpc) is 2.27. The summed E-state index contributed by atoms with van der Waals surface area (Å²) < 4.78 is 0. The lowest BCUT2D eigenvalue weighted by molar-refractivity contribution is -0.136. The van der Waals surface area contributed by atoms with Crippen LogP contribution in [0.25, 0.3) is 0 Å².